The Bertz CT molecular complexity index is 529. The molecule has 0 bridgehead atoms. The Balaban J connectivity index is 1.66. The molecule has 0 saturated carbocycles. The quantitative estimate of drug-likeness (QED) is 0.924. The number of nitrogens with one attached hydrogen (secondary N) is 1. The van der Waals surface area contributed by atoms with Gasteiger partial charge in [-0.05, 0) is 51.0 Å². The van der Waals surface area contributed by atoms with Crippen molar-refractivity contribution in [3.63, 3.8) is 0 Å². The minimum absolute atomic E-state index is 0.759. The van der Waals surface area contributed by atoms with Gasteiger partial charge in [-0.3, -0.25) is 0 Å². The topological polar surface area (TPSA) is 46.0 Å². The number of likely N-dealkylation sites (tertiary alicyclic amines) is 1. The van der Waals surface area contributed by atoms with Gasteiger partial charge in [0.1, 0.15) is 0 Å². The number of anilines is 1. The van der Waals surface area contributed by atoms with Crippen molar-refractivity contribution < 1.29 is 0 Å². The van der Waals surface area contributed by atoms with Gasteiger partial charge in [-0.2, -0.15) is 0 Å². The zero-order valence-corrected chi connectivity index (χ0v) is 11.9. The van der Waals surface area contributed by atoms with Crippen molar-refractivity contribution >= 4 is 5.69 Å². The van der Waals surface area contributed by atoms with E-state index in [4.69, 9.17) is 0 Å². The summed E-state index contributed by atoms with van der Waals surface area (Å²) in [6.07, 6.45) is 6.12. The highest BCUT2D eigenvalue weighted by molar-refractivity contribution is 5.60. The lowest BCUT2D eigenvalue weighted by Crippen LogP contribution is -2.33. The standard InChI is InChI=1S/C15H21N5/c1-19-9-6-13(7-10-19)12-16-14-4-2-3-5-15(14)20-11-8-17-18-20/h2-5,8,11,13,16H,6-7,9-10,12H2,1H3. The molecule has 2 aromatic rings. The lowest BCUT2D eigenvalue weighted by Gasteiger charge is -2.29. The molecule has 0 aliphatic carbocycles. The fourth-order valence-electron chi connectivity index (χ4n) is 2.68. The number of benzene rings is 1. The van der Waals surface area contributed by atoms with Crippen molar-refractivity contribution in [3.05, 3.63) is 36.7 Å². The fraction of sp³-hybridized carbons (Fsp3) is 0.467. The maximum absolute atomic E-state index is 4.07. The first-order valence-corrected chi connectivity index (χ1v) is 7.21. The molecule has 0 atom stereocenters. The minimum atomic E-state index is 0.759. The largest absolute Gasteiger partial charge is 0.383 e. The van der Waals surface area contributed by atoms with Gasteiger partial charge in [0.05, 0.1) is 23.8 Å². The van der Waals surface area contributed by atoms with Gasteiger partial charge in [0.15, 0.2) is 0 Å². The number of nitrogens with zero attached hydrogens (tertiary/aromatic N) is 4. The number of para-hydroxylation sites is 2. The van der Waals surface area contributed by atoms with Crippen LogP contribution in [-0.4, -0.2) is 46.6 Å². The van der Waals surface area contributed by atoms with Crippen LogP contribution in [0.4, 0.5) is 5.69 Å². The van der Waals surface area contributed by atoms with Crippen LogP contribution in [0.5, 0.6) is 0 Å². The van der Waals surface area contributed by atoms with E-state index in [1.165, 1.54) is 25.9 Å². The lowest BCUT2D eigenvalue weighted by atomic mass is 9.97. The van der Waals surface area contributed by atoms with Crippen molar-refractivity contribution in [2.45, 2.75) is 12.8 Å². The van der Waals surface area contributed by atoms with E-state index in [-0.39, 0.29) is 0 Å². The van der Waals surface area contributed by atoms with E-state index in [1.807, 2.05) is 12.3 Å². The van der Waals surface area contributed by atoms with Crippen LogP contribution in [0.1, 0.15) is 12.8 Å². The van der Waals surface area contributed by atoms with E-state index in [2.05, 4.69) is 45.8 Å². The van der Waals surface area contributed by atoms with Gasteiger partial charge in [-0.1, -0.05) is 17.3 Å². The first-order chi connectivity index (χ1) is 9.83. The van der Waals surface area contributed by atoms with E-state index < -0.39 is 0 Å². The van der Waals surface area contributed by atoms with Gasteiger partial charge >= 0.3 is 0 Å². The molecule has 0 radical (unpaired) electrons. The summed E-state index contributed by atoms with van der Waals surface area (Å²) in [5, 5.41) is 11.5. The van der Waals surface area contributed by atoms with E-state index in [0.717, 1.165) is 23.8 Å². The van der Waals surface area contributed by atoms with Crippen molar-refractivity contribution in [1.82, 2.24) is 19.9 Å². The molecule has 3 rings (SSSR count). The van der Waals surface area contributed by atoms with Gasteiger partial charge in [0.2, 0.25) is 0 Å². The Morgan fingerprint density at radius 3 is 2.80 bits per heavy atom. The normalized spacial score (nSPS) is 17.2. The van der Waals surface area contributed by atoms with Crippen LogP contribution in [0, 0.1) is 5.92 Å². The molecular weight excluding hydrogens is 250 g/mol. The van der Waals surface area contributed by atoms with E-state index in [9.17, 15) is 0 Å². The summed E-state index contributed by atoms with van der Waals surface area (Å²) >= 11 is 0. The van der Waals surface area contributed by atoms with Crippen LogP contribution in [0.3, 0.4) is 0 Å². The SMILES string of the molecule is CN1CCC(CNc2ccccc2-n2ccnn2)CC1. The summed E-state index contributed by atoms with van der Waals surface area (Å²) in [6.45, 7) is 3.44. The molecule has 1 aliphatic rings. The molecule has 0 unspecified atom stereocenters. The summed E-state index contributed by atoms with van der Waals surface area (Å²) in [6, 6.07) is 8.24. The number of hydrogen-bond acceptors (Lipinski definition) is 4. The Morgan fingerprint density at radius 1 is 1.25 bits per heavy atom. The predicted octanol–water partition coefficient (Wildman–Crippen LogP) is 2.02. The van der Waals surface area contributed by atoms with Crippen molar-refractivity contribution in [1.29, 1.82) is 0 Å². The maximum atomic E-state index is 4.07. The molecule has 1 aromatic heterocycles. The van der Waals surface area contributed by atoms with Crippen molar-refractivity contribution in [3.8, 4) is 5.69 Å². The summed E-state index contributed by atoms with van der Waals surface area (Å²) < 4.78 is 1.80. The molecule has 5 heteroatoms. The second kappa shape index (κ2) is 6.05. The molecule has 1 N–H and O–H groups in total. The van der Waals surface area contributed by atoms with Crippen molar-refractivity contribution in [2.75, 3.05) is 32.0 Å². The average Bonchev–Trinajstić information content (AvgIpc) is 3.01. The monoisotopic (exact) mass is 271 g/mol. The van der Waals surface area contributed by atoms with Crippen molar-refractivity contribution in [2.24, 2.45) is 5.92 Å². The molecule has 106 valence electrons. The van der Waals surface area contributed by atoms with E-state index in [1.54, 1.807) is 10.9 Å². The number of rotatable bonds is 4. The Kier molecular flexibility index (Phi) is 3.97. The molecule has 1 fully saturated rings. The second-order valence-corrected chi connectivity index (χ2v) is 5.49. The van der Waals surface area contributed by atoms with Gasteiger partial charge in [0.25, 0.3) is 0 Å². The zero-order chi connectivity index (χ0) is 13.8. The summed E-state index contributed by atoms with van der Waals surface area (Å²) in [4.78, 5) is 2.40. The molecule has 5 nitrogen and oxygen atoms in total. The van der Waals surface area contributed by atoms with Crippen LogP contribution in [0.2, 0.25) is 0 Å². The smallest absolute Gasteiger partial charge is 0.0894 e. The Morgan fingerprint density at radius 2 is 2.05 bits per heavy atom. The minimum Gasteiger partial charge on any atom is -0.383 e. The number of hydrogen-bond donors (Lipinski definition) is 1. The molecule has 20 heavy (non-hydrogen) atoms. The van der Waals surface area contributed by atoms with Crippen LogP contribution >= 0.6 is 0 Å². The summed E-state index contributed by atoms with van der Waals surface area (Å²) in [5.74, 6) is 0.759. The molecule has 0 spiro atoms. The highest BCUT2D eigenvalue weighted by Gasteiger charge is 2.16. The van der Waals surface area contributed by atoms with Crippen LogP contribution in [0.15, 0.2) is 36.7 Å². The van der Waals surface area contributed by atoms with Gasteiger partial charge in [0, 0.05) is 6.54 Å². The van der Waals surface area contributed by atoms with E-state index in [0.29, 0.717) is 0 Å². The highest BCUT2D eigenvalue weighted by Crippen LogP contribution is 2.21. The molecule has 1 aliphatic heterocycles. The second-order valence-electron chi connectivity index (χ2n) is 5.49. The first kappa shape index (κ1) is 13.1. The third kappa shape index (κ3) is 2.99. The average molecular weight is 271 g/mol. The van der Waals surface area contributed by atoms with Crippen LogP contribution in [0.25, 0.3) is 5.69 Å². The van der Waals surface area contributed by atoms with Gasteiger partial charge < -0.3 is 10.2 Å². The first-order valence-electron chi connectivity index (χ1n) is 7.21. The third-order valence-electron chi connectivity index (χ3n) is 3.99. The predicted molar refractivity (Wildman–Crippen MR) is 80.1 cm³/mol. The molecule has 1 aromatic carbocycles. The summed E-state index contributed by atoms with van der Waals surface area (Å²) in [5.41, 5.74) is 2.18. The number of piperidine rings is 1. The third-order valence-corrected chi connectivity index (χ3v) is 3.99. The highest BCUT2D eigenvalue weighted by atomic mass is 15.4. The van der Waals surface area contributed by atoms with Gasteiger partial charge in [-0.25, -0.2) is 4.68 Å². The number of aromatic nitrogens is 3. The summed E-state index contributed by atoms with van der Waals surface area (Å²) in [7, 11) is 2.20. The molecule has 1 saturated heterocycles. The zero-order valence-electron chi connectivity index (χ0n) is 11.9. The molecule has 2 heterocycles. The van der Waals surface area contributed by atoms with E-state index >= 15 is 0 Å². The molecular formula is C15H21N5. The van der Waals surface area contributed by atoms with Gasteiger partial charge in [-0.15, -0.1) is 5.10 Å². The Hall–Kier alpha value is -1.88. The van der Waals surface area contributed by atoms with Crippen LogP contribution < -0.4 is 5.32 Å². The van der Waals surface area contributed by atoms with Crippen LogP contribution in [-0.2, 0) is 0 Å². The Labute approximate surface area is 119 Å². The maximum Gasteiger partial charge on any atom is 0.0894 e. The molecule has 0 amide bonds. The lowest BCUT2D eigenvalue weighted by molar-refractivity contribution is 0.226. The fourth-order valence-corrected chi connectivity index (χ4v) is 2.68.